The van der Waals surface area contributed by atoms with Gasteiger partial charge in [-0.3, -0.25) is 4.79 Å². The van der Waals surface area contributed by atoms with Crippen molar-refractivity contribution in [3.05, 3.63) is 11.8 Å². The summed E-state index contributed by atoms with van der Waals surface area (Å²) in [6.45, 7) is 3.68. The van der Waals surface area contributed by atoms with E-state index in [0.717, 1.165) is 0 Å². The molecule has 2 rings (SSSR count). The summed E-state index contributed by atoms with van der Waals surface area (Å²) in [4.78, 5) is 24.3. The SMILES string of the molecule is COC=C1C(=O)N2C1SC(C)(C)C2C(=O)O. The zero-order valence-corrected chi connectivity index (χ0v) is 10.1. The summed E-state index contributed by atoms with van der Waals surface area (Å²) < 4.78 is 4.34. The number of carbonyl (C=O) groups is 2. The van der Waals surface area contributed by atoms with Crippen molar-refractivity contribution in [3.8, 4) is 0 Å². The van der Waals surface area contributed by atoms with Gasteiger partial charge in [-0.1, -0.05) is 0 Å². The Kier molecular flexibility index (Phi) is 2.41. The van der Waals surface area contributed by atoms with Crippen molar-refractivity contribution in [1.82, 2.24) is 4.90 Å². The molecule has 2 unspecified atom stereocenters. The Hall–Kier alpha value is -1.17. The van der Waals surface area contributed by atoms with Crippen molar-refractivity contribution in [2.45, 2.75) is 30.0 Å². The molecule has 0 aromatic carbocycles. The zero-order valence-electron chi connectivity index (χ0n) is 9.26. The van der Waals surface area contributed by atoms with Crippen LogP contribution in [0.15, 0.2) is 11.8 Å². The third-order valence-corrected chi connectivity index (χ3v) is 4.37. The molecular formula is C10H13NO4S. The zero-order chi connectivity index (χ0) is 12.1. The fourth-order valence-electron chi connectivity index (χ4n) is 2.16. The number of aliphatic carboxylic acids is 1. The number of amides is 1. The number of thioether (sulfide) groups is 1. The van der Waals surface area contributed by atoms with Crippen molar-refractivity contribution in [3.63, 3.8) is 0 Å². The first-order valence-corrected chi connectivity index (χ1v) is 5.74. The Morgan fingerprint density at radius 2 is 2.25 bits per heavy atom. The lowest BCUT2D eigenvalue weighted by Crippen LogP contribution is -2.58. The number of hydrogen-bond donors (Lipinski definition) is 1. The monoisotopic (exact) mass is 243 g/mol. The Morgan fingerprint density at radius 1 is 1.62 bits per heavy atom. The highest BCUT2D eigenvalue weighted by molar-refractivity contribution is 8.01. The topological polar surface area (TPSA) is 66.8 Å². The Labute approximate surface area is 97.4 Å². The summed E-state index contributed by atoms with van der Waals surface area (Å²) in [5.74, 6) is -1.19. The van der Waals surface area contributed by atoms with Crippen LogP contribution >= 0.6 is 11.8 Å². The van der Waals surface area contributed by atoms with Crippen molar-refractivity contribution in [1.29, 1.82) is 0 Å². The first-order chi connectivity index (χ1) is 7.40. The molecule has 16 heavy (non-hydrogen) atoms. The maximum absolute atomic E-state index is 11.7. The first kappa shape index (κ1) is 11.3. The standard InChI is InChI=1S/C10H13NO4S/c1-10(2)6(9(13)14)11-7(12)5(4-15-3)8(11)16-10/h4,6,8H,1-3H3,(H,13,14). The van der Waals surface area contributed by atoms with Crippen LogP contribution in [0.4, 0.5) is 0 Å². The third kappa shape index (κ3) is 1.32. The van der Waals surface area contributed by atoms with Gasteiger partial charge >= 0.3 is 5.97 Å². The second kappa shape index (κ2) is 3.41. The van der Waals surface area contributed by atoms with E-state index in [1.54, 1.807) is 0 Å². The predicted octanol–water partition coefficient (Wildman–Crippen LogP) is 0.664. The summed E-state index contributed by atoms with van der Waals surface area (Å²) in [6.07, 6.45) is 1.40. The van der Waals surface area contributed by atoms with Crippen LogP contribution in [0.25, 0.3) is 0 Å². The summed E-state index contributed by atoms with van der Waals surface area (Å²) in [5, 5.41) is 8.97. The van der Waals surface area contributed by atoms with Gasteiger partial charge in [0.15, 0.2) is 0 Å². The lowest BCUT2D eigenvalue weighted by atomic mass is 9.96. The lowest BCUT2D eigenvalue weighted by molar-refractivity contribution is -0.152. The number of carboxylic acid groups (broad SMARTS) is 1. The molecule has 2 fully saturated rings. The molecule has 0 saturated carbocycles. The predicted molar refractivity (Wildman–Crippen MR) is 58.8 cm³/mol. The minimum absolute atomic E-state index is 0.177. The average Bonchev–Trinajstić information content (AvgIpc) is 2.43. The molecule has 0 spiro atoms. The quantitative estimate of drug-likeness (QED) is 0.438. The first-order valence-electron chi connectivity index (χ1n) is 4.86. The number of β-lactam (4-membered cyclic amide) rings is 1. The van der Waals surface area contributed by atoms with Gasteiger partial charge < -0.3 is 14.7 Å². The maximum Gasteiger partial charge on any atom is 0.327 e. The molecule has 2 heterocycles. The molecule has 88 valence electrons. The fraction of sp³-hybridized carbons (Fsp3) is 0.600. The van der Waals surface area contributed by atoms with Crippen LogP contribution in [0, 0.1) is 0 Å². The molecule has 2 aliphatic rings. The molecule has 0 aliphatic carbocycles. The van der Waals surface area contributed by atoms with E-state index in [0.29, 0.717) is 5.57 Å². The molecule has 0 aromatic rings. The van der Waals surface area contributed by atoms with Crippen molar-refractivity contribution < 1.29 is 19.4 Å². The molecule has 5 nitrogen and oxygen atoms in total. The van der Waals surface area contributed by atoms with Crippen molar-refractivity contribution in [2.75, 3.05) is 7.11 Å². The van der Waals surface area contributed by atoms with Gasteiger partial charge in [-0.25, -0.2) is 4.79 Å². The Balaban J connectivity index is 2.32. The van der Waals surface area contributed by atoms with Gasteiger partial charge in [0, 0.05) is 4.75 Å². The smallest absolute Gasteiger partial charge is 0.327 e. The number of ether oxygens (including phenoxy) is 1. The molecule has 2 aliphatic heterocycles. The van der Waals surface area contributed by atoms with Crippen LogP contribution in [0.5, 0.6) is 0 Å². The normalized spacial score (nSPS) is 33.6. The number of hydrogen-bond acceptors (Lipinski definition) is 4. The average molecular weight is 243 g/mol. The molecule has 0 bridgehead atoms. The minimum atomic E-state index is -0.954. The van der Waals surface area contributed by atoms with E-state index in [4.69, 9.17) is 9.84 Å². The van der Waals surface area contributed by atoms with E-state index in [2.05, 4.69) is 0 Å². The molecule has 0 aromatic heterocycles. The van der Waals surface area contributed by atoms with Crippen molar-refractivity contribution in [2.24, 2.45) is 0 Å². The Morgan fingerprint density at radius 3 is 2.75 bits per heavy atom. The highest BCUT2D eigenvalue weighted by Crippen LogP contribution is 2.52. The summed E-state index contributed by atoms with van der Waals surface area (Å²) >= 11 is 1.48. The summed E-state index contributed by atoms with van der Waals surface area (Å²) in [7, 11) is 1.47. The van der Waals surface area contributed by atoms with E-state index in [1.165, 1.54) is 30.0 Å². The van der Waals surface area contributed by atoms with Gasteiger partial charge in [0.2, 0.25) is 0 Å². The second-order valence-electron chi connectivity index (χ2n) is 4.34. The van der Waals surface area contributed by atoms with E-state index in [9.17, 15) is 9.59 Å². The van der Waals surface area contributed by atoms with Gasteiger partial charge in [0.1, 0.15) is 11.4 Å². The number of carbonyl (C=O) groups excluding carboxylic acids is 1. The van der Waals surface area contributed by atoms with E-state index in [-0.39, 0.29) is 11.3 Å². The molecule has 0 radical (unpaired) electrons. The van der Waals surface area contributed by atoms with Gasteiger partial charge in [-0.15, -0.1) is 11.8 Å². The molecular weight excluding hydrogens is 230 g/mol. The van der Waals surface area contributed by atoms with Crippen molar-refractivity contribution >= 4 is 23.6 Å². The molecule has 6 heteroatoms. The van der Waals surface area contributed by atoms with Crippen LogP contribution in [-0.2, 0) is 14.3 Å². The number of carboxylic acids is 1. The number of nitrogens with zero attached hydrogens (tertiary/aromatic N) is 1. The fourth-order valence-corrected chi connectivity index (χ4v) is 3.69. The lowest BCUT2D eigenvalue weighted by Gasteiger charge is -2.38. The maximum atomic E-state index is 11.7. The minimum Gasteiger partial charge on any atom is -0.504 e. The highest BCUT2D eigenvalue weighted by Gasteiger charge is 2.61. The van der Waals surface area contributed by atoms with E-state index < -0.39 is 16.8 Å². The van der Waals surface area contributed by atoms with Gasteiger partial charge in [0.05, 0.1) is 18.9 Å². The second-order valence-corrected chi connectivity index (χ2v) is 6.07. The molecule has 2 saturated heterocycles. The summed E-state index contributed by atoms with van der Waals surface area (Å²) in [6, 6.07) is -0.760. The van der Waals surface area contributed by atoms with Crippen LogP contribution in [0.2, 0.25) is 0 Å². The van der Waals surface area contributed by atoms with E-state index >= 15 is 0 Å². The van der Waals surface area contributed by atoms with E-state index in [1.807, 2.05) is 13.8 Å². The number of fused-ring (bicyclic) bond motifs is 1. The van der Waals surface area contributed by atoms with Crippen LogP contribution in [0.1, 0.15) is 13.8 Å². The van der Waals surface area contributed by atoms with Crippen LogP contribution in [-0.4, -0.2) is 45.2 Å². The molecule has 1 N–H and O–H groups in total. The molecule has 1 amide bonds. The van der Waals surface area contributed by atoms with Gasteiger partial charge in [-0.05, 0) is 13.8 Å². The third-order valence-electron chi connectivity index (χ3n) is 2.83. The number of rotatable bonds is 2. The van der Waals surface area contributed by atoms with Crippen LogP contribution in [0.3, 0.4) is 0 Å². The number of methoxy groups -OCH3 is 1. The Bertz CT molecular complexity index is 390. The largest absolute Gasteiger partial charge is 0.504 e. The summed E-state index contributed by atoms with van der Waals surface area (Å²) in [5.41, 5.74) is 0.546. The molecule has 2 atom stereocenters. The van der Waals surface area contributed by atoms with Gasteiger partial charge in [-0.2, -0.15) is 0 Å². The highest BCUT2D eigenvalue weighted by atomic mass is 32.2. The van der Waals surface area contributed by atoms with Gasteiger partial charge in [0.25, 0.3) is 5.91 Å². The van der Waals surface area contributed by atoms with Crippen LogP contribution < -0.4 is 0 Å².